The van der Waals surface area contributed by atoms with Crippen LogP contribution in [0.5, 0.6) is 11.5 Å². The lowest BCUT2D eigenvalue weighted by atomic mass is 9.97. The van der Waals surface area contributed by atoms with Gasteiger partial charge in [-0.3, -0.25) is 4.79 Å². The highest BCUT2D eigenvalue weighted by Crippen LogP contribution is 2.31. The molecule has 2 aliphatic heterocycles. The zero-order valence-electron chi connectivity index (χ0n) is 16.6. The van der Waals surface area contributed by atoms with E-state index >= 15 is 0 Å². The Morgan fingerprint density at radius 2 is 2.24 bits per heavy atom. The highest BCUT2D eigenvalue weighted by atomic mass is 16.5. The molecule has 154 valence electrons. The fraction of sp³-hybridized carbons (Fsp3) is 0.348. The van der Waals surface area contributed by atoms with Crippen LogP contribution in [-0.2, 0) is 16.0 Å². The van der Waals surface area contributed by atoms with Gasteiger partial charge in [0.1, 0.15) is 23.9 Å². The molecule has 29 heavy (non-hydrogen) atoms. The number of carbonyl (C=O) groups is 1. The van der Waals surface area contributed by atoms with E-state index in [9.17, 15) is 4.79 Å². The van der Waals surface area contributed by atoms with E-state index in [-0.39, 0.29) is 12.8 Å². The Morgan fingerprint density at radius 1 is 1.38 bits per heavy atom. The highest BCUT2D eigenvalue weighted by Gasteiger charge is 2.25. The van der Waals surface area contributed by atoms with Crippen LogP contribution in [0.2, 0.25) is 0 Å². The summed E-state index contributed by atoms with van der Waals surface area (Å²) in [7, 11) is 0. The van der Waals surface area contributed by atoms with Crippen molar-refractivity contribution < 1.29 is 24.1 Å². The molecule has 0 saturated heterocycles. The van der Waals surface area contributed by atoms with Crippen molar-refractivity contribution in [2.75, 3.05) is 13.2 Å². The number of hydrogen-bond donors (Lipinski definition) is 2. The Labute approximate surface area is 171 Å². The lowest BCUT2D eigenvalue weighted by molar-refractivity contribution is -0.143. The van der Waals surface area contributed by atoms with Gasteiger partial charge in [-0.15, -0.1) is 0 Å². The predicted molar refractivity (Wildman–Crippen MR) is 111 cm³/mol. The van der Waals surface area contributed by atoms with Crippen LogP contribution in [0, 0.1) is 5.92 Å². The zero-order chi connectivity index (χ0) is 20.6. The number of fused-ring (bicyclic) bond motifs is 1. The minimum atomic E-state index is -0.823. The Kier molecular flexibility index (Phi) is 7.00. The Hall–Kier alpha value is -3.15. The smallest absolute Gasteiger partial charge is 0.310 e. The number of nitrogens with one attached hydrogen (secondary N) is 1. The van der Waals surface area contributed by atoms with E-state index in [1.165, 1.54) is 0 Å². The van der Waals surface area contributed by atoms with E-state index in [1.54, 1.807) is 6.08 Å². The molecule has 1 aromatic carbocycles. The fourth-order valence-electron chi connectivity index (χ4n) is 3.25. The summed E-state index contributed by atoms with van der Waals surface area (Å²) in [5.41, 5.74) is 2.00. The van der Waals surface area contributed by atoms with Crippen LogP contribution >= 0.6 is 0 Å². The van der Waals surface area contributed by atoms with Crippen molar-refractivity contribution in [1.29, 1.82) is 0 Å². The van der Waals surface area contributed by atoms with Crippen LogP contribution in [0.25, 0.3) is 0 Å². The van der Waals surface area contributed by atoms with Gasteiger partial charge in [0, 0.05) is 6.07 Å². The van der Waals surface area contributed by atoms with Crippen LogP contribution in [0.1, 0.15) is 25.3 Å². The quantitative estimate of drug-likeness (QED) is 0.485. The molecule has 2 atom stereocenters. The molecule has 1 aromatic rings. The fourth-order valence-corrected chi connectivity index (χ4v) is 3.25. The molecule has 0 radical (unpaired) electrons. The Morgan fingerprint density at radius 3 is 3.03 bits per heavy atom. The minimum absolute atomic E-state index is 0.146. The van der Waals surface area contributed by atoms with Crippen molar-refractivity contribution in [3.63, 3.8) is 0 Å². The van der Waals surface area contributed by atoms with Crippen LogP contribution in [0.3, 0.4) is 0 Å². The van der Waals surface area contributed by atoms with Crippen molar-refractivity contribution in [2.24, 2.45) is 5.92 Å². The van der Waals surface area contributed by atoms with Crippen LogP contribution in [0.4, 0.5) is 0 Å². The van der Waals surface area contributed by atoms with Gasteiger partial charge < -0.3 is 24.6 Å². The monoisotopic (exact) mass is 397 g/mol. The van der Waals surface area contributed by atoms with Gasteiger partial charge in [0.25, 0.3) is 0 Å². The number of hydrogen-bond acceptors (Lipinski definition) is 5. The van der Waals surface area contributed by atoms with Gasteiger partial charge in [-0.2, -0.15) is 0 Å². The maximum Gasteiger partial charge on any atom is 0.310 e. The molecule has 0 amide bonds. The maximum absolute atomic E-state index is 11.1. The number of rotatable bonds is 9. The van der Waals surface area contributed by atoms with Gasteiger partial charge >= 0.3 is 5.97 Å². The topological polar surface area (TPSA) is 77.0 Å². The predicted octanol–water partition coefficient (Wildman–Crippen LogP) is 3.96. The summed E-state index contributed by atoms with van der Waals surface area (Å²) in [6.45, 7) is 6.36. The third-order valence-electron chi connectivity index (χ3n) is 4.82. The highest BCUT2D eigenvalue weighted by molar-refractivity contribution is 5.71. The van der Waals surface area contributed by atoms with Gasteiger partial charge in [0.15, 0.2) is 6.23 Å². The first kappa shape index (κ1) is 20.6. The summed E-state index contributed by atoms with van der Waals surface area (Å²) < 4.78 is 17.2. The molecule has 0 saturated carbocycles. The van der Waals surface area contributed by atoms with Gasteiger partial charge in [-0.05, 0) is 43.9 Å². The van der Waals surface area contributed by atoms with E-state index in [4.69, 9.17) is 19.3 Å². The van der Waals surface area contributed by atoms with E-state index in [2.05, 4.69) is 11.9 Å². The van der Waals surface area contributed by atoms with Crippen LogP contribution in [0.15, 0.2) is 66.6 Å². The summed E-state index contributed by atoms with van der Waals surface area (Å²) in [5, 5.41) is 12.5. The molecule has 0 aliphatic carbocycles. The van der Waals surface area contributed by atoms with Gasteiger partial charge in [-0.1, -0.05) is 36.9 Å². The summed E-state index contributed by atoms with van der Waals surface area (Å²) in [6, 6.07) is 5.59. The van der Waals surface area contributed by atoms with Gasteiger partial charge in [-0.25, -0.2) is 0 Å². The summed E-state index contributed by atoms with van der Waals surface area (Å²) in [5.74, 6) is 1.04. The van der Waals surface area contributed by atoms with Crippen molar-refractivity contribution in [3.8, 4) is 11.5 Å². The number of allylic oxidation sites excluding steroid dienone is 6. The second-order valence-corrected chi connectivity index (χ2v) is 6.99. The molecule has 2 aliphatic rings. The molecule has 0 aromatic heterocycles. The summed E-state index contributed by atoms with van der Waals surface area (Å²) >= 11 is 0. The zero-order valence-corrected chi connectivity index (χ0v) is 16.6. The minimum Gasteiger partial charge on any atom is -0.493 e. The molecule has 0 spiro atoms. The standard InChI is InChI=1S/C23H27NO5/c1-3-4-5-6-9-22-24-20(16(2)29-22)8-7-12-27-19-11-10-17-13-18(23(25)26)15-28-21(17)14-19/h3-6,9-11,14,18,22,24H,1,7-8,12-13,15H2,2H3,(H,25,26)/b5-4-,9-6+. The van der Waals surface area contributed by atoms with Gasteiger partial charge in [0.05, 0.1) is 18.2 Å². The third kappa shape index (κ3) is 5.67. The third-order valence-corrected chi connectivity index (χ3v) is 4.82. The summed E-state index contributed by atoms with van der Waals surface area (Å²) in [6.07, 6.45) is 11.4. The lowest BCUT2D eigenvalue weighted by Gasteiger charge is -2.23. The SMILES string of the molecule is C=C/C=C\C=C\C1NC(CCCOc2ccc3c(c2)OCC(C(=O)O)C3)=C(C)O1. The normalized spacial score (nSPS) is 20.9. The Balaban J connectivity index is 1.42. The molecule has 0 bridgehead atoms. The first-order valence-corrected chi connectivity index (χ1v) is 9.77. The van der Waals surface area contributed by atoms with Crippen molar-refractivity contribution in [2.45, 2.75) is 32.4 Å². The van der Waals surface area contributed by atoms with Crippen molar-refractivity contribution in [3.05, 3.63) is 72.2 Å². The molecule has 6 nitrogen and oxygen atoms in total. The van der Waals surface area contributed by atoms with Gasteiger partial charge in [0.2, 0.25) is 0 Å². The number of benzene rings is 1. The average molecular weight is 397 g/mol. The molecule has 3 rings (SSSR count). The average Bonchev–Trinajstić information content (AvgIpc) is 3.07. The molecular formula is C23H27NO5. The lowest BCUT2D eigenvalue weighted by Crippen LogP contribution is -2.27. The van der Waals surface area contributed by atoms with Crippen molar-refractivity contribution in [1.82, 2.24) is 5.32 Å². The number of ether oxygens (including phenoxy) is 3. The van der Waals surface area contributed by atoms with Crippen molar-refractivity contribution >= 4 is 5.97 Å². The van der Waals surface area contributed by atoms with E-state index < -0.39 is 11.9 Å². The first-order valence-electron chi connectivity index (χ1n) is 9.77. The molecule has 0 fully saturated rings. The summed E-state index contributed by atoms with van der Waals surface area (Å²) in [4.78, 5) is 11.1. The van der Waals surface area contributed by atoms with E-state index in [0.717, 1.165) is 35.6 Å². The molecule has 6 heteroatoms. The second-order valence-electron chi connectivity index (χ2n) is 6.99. The van der Waals surface area contributed by atoms with Crippen LogP contribution in [-0.4, -0.2) is 30.5 Å². The molecule has 2 unspecified atom stereocenters. The number of aliphatic carboxylic acids is 1. The maximum atomic E-state index is 11.1. The number of carboxylic acid groups (broad SMARTS) is 1. The second kappa shape index (κ2) is 9.87. The van der Waals surface area contributed by atoms with Crippen LogP contribution < -0.4 is 14.8 Å². The molecule has 2 heterocycles. The first-order chi connectivity index (χ1) is 14.1. The molecule has 2 N–H and O–H groups in total. The number of carboxylic acids is 1. The largest absolute Gasteiger partial charge is 0.493 e. The molecular weight excluding hydrogens is 370 g/mol. The van der Waals surface area contributed by atoms with E-state index in [1.807, 2.05) is 49.4 Å². The van der Waals surface area contributed by atoms with E-state index in [0.29, 0.717) is 18.8 Å². The Bertz CT molecular complexity index is 840.